The zero-order valence-corrected chi connectivity index (χ0v) is 21.6. The van der Waals surface area contributed by atoms with Crippen LogP contribution >= 0.6 is 0 Å². The third-order valence-corrected chi connectivity index (χ3v) is 13.1. The molecule has 0 amide bonds. The molecule has 0 unspecified atom stereocenters. The van der Waals surface area contributed by atoms with Gasteiger partial charge < -0.3 is 4.79 Å². The summed E-state index contributed by atoms with van der Waals surface area (Å²) in [6.45, 7) is 18.9. The van der Waals surface area contributed by atoms with Crippen LogP contribution in [-0.2, 0) is 9.59 Å². The minimum Gasteiger partial charge on any atom is -0.303 e. The van der Waals surface area contributed by atoms with Gasteiger partial charge in [0.25, 0.3) is 0 Å². The lowest BCUT2D eigenvalue weighted by Crippen LogP contribution is -2.66. The van der Waals surface area contributed by atoms with Crippen molar-refractivity contribution < 1.29 is 9.59 Å². The second-order valence-corrected chi connectivity index (χ2v) is 14.2. The van der Waals surface area contributed by atoms with Crippen molar-refractivity contribution in [1.29, 1.82) is 0 Å². The Hall–Kier alpha value is -0.920. The summed E-state index contributed by atoms with van der Waals surface area (Å²) in [6.07, 6.45) is 12.7. The number of aldehydes is 1. The van der Waals surface area contributed by atoms with Crippen LogP contribution in [0.15, 0.2) is 12.2 Å². The maximum absolute atomic E-state index is 12.9. The predicted molar refractivity (Wildman–Crippen MR) is 130 cm³/mol. The monoisotopic (exact) mass is 438 g/mol. The first-order valence-electron chi connectivity index (χ1n) is 13.5. The Labute approximate surface area is 196 Å². The molecule has 0 bridgehead atoms. The van der Waals surface area contributed by atoms with E-state index in [0.29, 0.717) is 40.8 Å². The van der Waals surface area contributed by atoms with Crippen LogP contribution in [0, 0.1) is 56.7 Å². The van der Waals surface area contributed by atoms with Crippen LogP contribution in [0.1, 0.15) is 106 Å². The molecule has 0 radical (unpaired) electrons. The lowest BCUT2D eigenvalue weighted by molar-refractivity contribution is -0.231. The van der Waals surface area contributed by atoms with Gasteiger partial charge in [-0.2, -0.15) is 0 Å². The Bertz CT molecular complexity index is 855. The van der Waals surface area contributed by atoms with Crippen molar-refractivity contribution in [3.05, 3.63) is 12.2 Å². The second kappa shape index (κ2) is 6.82. The first-order valence-corrected chi connectivity index (χ1v) is 13.5. The van der Waals surface area contributed by atoms with E-state index in [-0.39, 0.29) is 21.7 Å². The highest BCUT2D eigenvalue weighted by atomic mass is 16.1. The smallest absolute Gasteiger partial charge is 0.138 e. The summed E-state index contributed by atoms with van der Waals surface area (Å²) < 4.78 is 0. The van der Waals surface area contributed by atoms with Gasteiger partial charge in [0.2, 0.25) is 0 Å². The molecular formula is C30H46O2. The fourth-order valence-electron chi connectivity index (χ4n) is 11.2. The number of fused-ring (bicyclic) bond motifs is 7. The van der Waals surface area contributed by atoms with Gasteiger partial charge in [-0.1, -0.05) is 46.8 Å². The summed E-state index contributed by atoms with van der Waals surface area (Å²) in [6, 6.07) is 0. The maximum Gasteiger partial charge on any atom is 0.138 e. The van der Waals surface area contributed by atoms with Crippen LogP contribution in [0.5, 0.6) is 0 Å². The average Bonchev–Trinajstić information content (AvgIpc) is 3.12. The number of hydrogen-bond acceptors (Lipinski definition) is 2. The van der Waals surface area contributed by atoms with Gasteiger partial charge in [-0.15, -0.1) is 0 Å². The van der Waals surface area contributed by atoms with Crippen LogP contribution in [0.4, 0.5) is 0 Å². The molecule has 9 atom stereocenters. The average molecular weight is 439 g/mol. The van der Waals surface area contributed by atoms with Gasteiger partial charge in [-0.25, -0.2) is 0 Å². The lowest BCUT2D eigenvalue weighted by Gasteiger charge is -2.72. The maximum atomic E-state index is 12.9. The van der Waals surface area contributed by atoms with Crippen molar-refractivity contribution in [1.82, 2.24) is 0 Å². The fourth-order valence-corrected chi connectivity index (χ4v) is 11.2. The fraction of sp³-hybridized carbons (Fsp3) is 0.867. The van der Waals surface area contributed by atoms with Crippen LogP contribution in [0.25, 0.3) is 0 Å². The number of hydrogen-bond donors (Lipinski definition) is 0. The molecule has 178 valence electrons. The lowest BCUT2D eigenvalue weighted by atomic mass is 9.32. The van der Waals surface area contributed by atoms with E-state index in [1.807, 2.05) is 0 Å². The Morgan fingerprint density at radius 1 is 0.875 bits per heavy atom. The highest BCUT2D eigenvalue weighted by Crippen LogP contribution is 2.77. The number of carbonyl (C=O) groups excluding carboxylic acids is 2. The largest absolute Gasteiger partial charge is 0.303 e. The van der Waals surface area contributed by atoms with Gasteiger partial charge in [-0.3, -0.25) is 4.79 Å². The third kappa shape index (κ3) is 2.54. The van der Waals surface area contributed by atoms with E-state index >= 15 is 0 Å². The number of ketones is 1. The second-order valence-electron chi connectivity index (χ2n) is 14.2. The SMILES string of the molecule is C=C(C)[C@H]1CC[C@@]2(C=O)CC[C@]3(C)[C@H](CC[C@H]4[C@@]5(C)CCC(=O)C(C)(C)[C@H]5CC[C@@]43C)[C@@H]12. The zero-order chi connectivity index (χ0) is 23.3. The molecule has 0 heterocycles. The Balaban J connectivity index is 1.56. The summed E-state index contributed by atoms with van der Waals surface area (Å²) in [5.74, 6) is 3.34. The van der Waals surface area contributed by atoms with Crippen LogP contribution in [0.3, 0.4) is 0 Å². The Kier molecular flexibility index (Phi) is 4.87. The third-order valence-electron chi connectivity index (χ3n) is 13.1. The molecule has 0 saturated heterocycles. The minimum atomic E-state index is -0.179. The molecule has 2 heteroatoms. The number of Topliss-reactive ketones (excluding diaryl/α,β-unsaturated/α-hetero) is 1. The summed E-state index contributed by atoms with van der Waals surface area (Å²) >= 11 is 0. The molecule has 0 aliphatic heterocycles. The van der Waals surface area contributed by atoms with Crippen molar-refractivity contribution >= 4 is 12.1 Å². The Morgan fingerprint density at radius 3 is 2.25 bits per heavy atom. The van der Waals surface area contributed by atoms with Gasteiger partial charge in [0.1, 0.15) is 12.1 Å². The summed E-state index contributed by atoms with van der Waals surface area (Å²) in [5, 5.41) is 0. The van der Waals surface area contributed by atoms with Crippen molar-refractivity contribution in [2.75, 3.05) is 0 Å². The molecular weight excluding hydrogens is 392 g/mol. The number of allylic oxidation sites excluding steroid dienone is 1. The summed E-state index contributed by atoms with van der Waals surface area (Å²) in [4.78, 5) is 25.4. The van der Waals surface area contributed by atoms with Crippen molar-refractivity contribution in [2.45, 2.75) is 106 Å². The van der Waals surface area contributed by atoms with E-state index in [2.05, 4.69) is 48.1 Å². The molecule has 5 fully saturated rings. The molecule has 32 heavy (non-hydrogen) atoms. The topological polar surface area (TPSA) is 34.1 Å². The predicted octanol–water partition coefficient (Wildman–Crippen LogP) is 7.41. The van der Waals surface area contributed by atoms with Gasteiger partial charge >= 0.3 is 0 Å². The van der Waals surface area contributed by atoms with Crippen molar-refractivity contribution in [3.8, 4) is 0 Å². The van der Waals surface area contributed by atoms with E-state index in [1.165, 1.54) is 44.0 Å². The van der Waals surface area contributed by atoms with Crippen LogP contribution in [-0.4, -0.2) is 12.1 Å². The summed E-state index contributed by atoms with van der Waals surface area (Å²) in [5.41, 5.74) is 1.87. The van der Waals surface area contributed by atoms with E-state index in [4.69, 9.17) is 0 Å². The molecule has 5 rings (SSSR count). The van der Waals surface area contributed by atoms with Gasteiger partial charge in [0.05, 0.1) is 0 Å². The quantitative estimate of drug-likeness (QED) is 0.332. The Morgan fingerprint density at radius 2 is 1.59 bits per heavy atom. The van der Waals surface area contributed by atoms with Crippen molar-refractivity contribution in [2.24, 2.45) is 56.7 Å². The van der Waals surface area contributed by atoms with Crippen molar-refractivity contribution in [3.63, 3.8) is 0 Å². The number of carbonyl (C=O) groups is 2. The molecule has 5 aliphatic carbocycles. The summed E-state index contributed by atoms with van der Waals surface area (Å²) in [7, 11) is 0. The normalized spacial score (nSPS) is 54.1. The first kappa shape index (κ1) is 22.9. The van der Waals surface area contributed by atoms with Gasteiger partial charge in [0, 0.05) is 17.3 Å². The molecule has 0 spiro atoms. The molecule has 5 saturated carbocycles. The van der Waals surface area contributed by atoms with E-state index in [9.17, 15) is 9.59 Å². The van der Waals surface area contributed by atoms with E-state index in [0.717, 1.165) is 32.1 Å². The molecule has 0 aromatic carbocycles. The zero-order valence-electron chi connectivity index (χ0n) is 21.6. The van der Waals surface area contributed by atoms with Crippen LogP contribution < -0.4 is 0 Å². The molecule has 2 nitrogen and oxygen atoms in total. The molecule has 0 aromatic rings. The molecule has 5 aliphatic rings. The van der Waals surface area contributed by atoms with Gasteiger partial charge in [-0.05, 0) is 111 Å². The minimum absolute atomic E-state index is 0.0999. The van der Waals surface area contributed by atoms with Crippen LogP contribution in [0.2, 0.25) is 0 Å². The number of rotatable bonds is 2. The molecule has 0 aromatic heterocycles. The van der Waals surface area contributed by atoms with E-state index < -0.39 is 0 Å². The molecule has 0 N–H and O–H groups in total. The first-order chi connectivity index (χ1) is 14.9. The van der Waals surface area contributed by atoms with Gasteiger partial charge in [0.15, 0.2) is 0 Å². The highest BCUT2D eigenvalue weighted by molar-refractivity contribution is 5.85. The standard InChI is InChI=1S/C30H46O2/c1-19(2)20-10-15-30(18-31)17-16-28(6)21(25(20)30)8-9-23-27(5)13-12-24(32)26(3,4)22(27)11-14-29(23,28)7/h18,20-23,25H,1,8-17H2,2-7H3/t20-,21-,22-,23+,25-,27+,28-,29+,30+/m1/s1. The highest BCUT2D eigenvalue weighted by Gasteiger charge is 2.70. The van der Waals surface area contributed by atoms with E-state index in [1.54, 1.807) is 0 Å².